The number of hydrogen-bond acceptors (Lipinski definition) is 8. The van der Waals surface area contributed by atoms with E-state index in [1.807, 2.05) is 32.0 Å². The van der Waals surface area contributed by atoms with E-state index in [9.17, 15) is 4.79 Å². The predicted octanol–water partition coefficient (Wildman–Crippen LogP) is 3.49. The van der Waals surface area contributed by atoms with E-state index in [1.165, 1.54) is 0 Å². The molecule has 0 aliphatic rings. The van der Waals surface area contributed by atoms with Gasteiger partial charge in [-0.05, 0) is 58.0 Å². The van der Waals surface area contributed by atoms with Crippen LogP contribution in [-0.2, 0) is 4.79 Å². The van der Waals surface area contributed by atoms with E-state index in [2.05, 4.69) is 49.3 Å². The molecule has 0 radical (unpaired) electrons. The van der Waals surface area contributed by atoms with E-state index >= 15 is 0 Å². The number of amides is 1. The number of aryl methyl sites for hydroxylation is 2. The van der Waals surface area contributed by atoms with Gasteiger partial charge >= 0.3 is 6.01 Å². The molecule has 0 aliphatic carbocycles. The minimum atomic E-state index is -0.295. The highest BCUT2D eigenvalue weighted by atomic mass is 16.5. The number of carbonyl (C=O) groups excluding carboxylic acids is 1. The largest absolute Gasteiger partial charge is 0.453 e. The van der Waals surface area contributed by atoms with Crippen LogP contribution in [0.4, 0.5) is 23.1 Å². The van der Waals surface area contributed by atoms with Crippen molar-refractivity contribution in [1.82, 2.24) is 19.9 Å². The van der Waals surface area contributed by atoms with Crippen LogP contribution in [0.1, 0.15) is 25.2 Å². The summed E-state index contributed by atoms with van der Waals surface area (Å²) in [6, 6.07) is 11.2. The average molecular weight is 422 g/mol. The molecule has 0 spiro atoms. The third kappa shape index (κ3) is 6.36. The van der Waals surface area contributed by atoms with Crippen LogP contribution >= 0.6 is 0 Å². The molecule has 3 aromatic rings. The standard InChI is InChI=1S/C22H27N7O2/c1-5-29(6-2)19-13-16(4)24-21(28-19)27-18-9-7-17(8-10-18)26-20(30)14-31-22-23-12-11-15(3)25-22/h7-13H,5-6,14H2,1-4H3,(H,26,30)(H,24,27,28). The van der Waals surface area contributed by atoms with E-state index in [1.54, 1.807) is 24.4 Å². The summed E-state index contributed by atoms with van der Waals surface area (Å²) < 4.78 is 5.32. The highest BCUT2D eigenvalue weighted by molar-refractivity contribution is 5.92. The van der Waals surface area contributed by atoms with E-state index in [4.69, 9.17) is 4.74 Å². The number of benzene rings is 1. The summed E-state index contributed by atoms with van der Waals surface area (Å²) in [7, 11) is 0. The molecule has 3 rings (SSSR count). The van der Waals surface area contributed by atoms with Crippen LogP contribution in [0.2, 0.25) is 0 Å². The van der Waals surface area contributed by atoms with Crippen molar-refractivity contribution in [1.29, 1.82) is 0 Å². The zero-order chi connectivity index (χ0) is 22.2. The summed E-state index contributed by atoms with van der Waals surface area (Å²) in [6.07, 6.45) is 1.59. The van der Waals surface area contributed by atoms with E-state index < -0.39 is 0 Å². The van der Waals surface area contributed by atoms with Gasteiger partial charge in [-0.3, -0.25) is 4.79 Å². The number of carbonyl (C=O) groups is 1. The van der Waals surface area contributed by atoms with Gasteiger partial charge in [0.2, 0.25) is 5.95 Å². The molecule has 2 heterocycles. The van der Waals surface area contributed by atoms with Crippen molar-refractivity contribution in [2.45, 2.75) is 27.7 Å². The van der Waals surface area contributed by atoms with Crippen molar-refractivity contribution in [3.63, 3.8) is 0 Å². The molecule has 2 N–H and O–H groups in total. The van der Waals surface area contributed by atoms with Gasteiger partial charge < -0.3 is 20.3 Å². The maximum absolute atomic E-state index is 12.1. The lowest BCUT2D eigenvalue weighted by atomic mass is 10.3. The molecule has 9 heteroatoms. The number of aromatic nitrogens is 4. The second kappa shape index (κ2) is 10.3. The Hall–Kier alpha value is -3.75. The molecular formula is C22H27N7O2. The lowest BCUT2D eigenvalue weighted by Crippen LogP contribution is -2.23. The second-order valence-electron chi connectivity index (χ2n) is 6.88. The molecule has 0 saturated heterocycles. The monoisotopic (exact) mass is 421 g/mol. The summed E-state index contributed by atoms with van der Waals surface area (Å²) in [4.78, 5) is 31.4. The SMILES string of the molecule is CCN(CC)c1cc(C)nc(Nc2ccc(NC(=O)COc3nccc(C)n3)cc2)n1. The number of hydrogen-bond donors (Lipinski definition) is 2. The molecule has 162 valence electrons. The Balaban J connectivity index is 1.58. The number of nitrogens with zero attached hydrogens (tertiary/aromatic N) is 5. The van der Waals surface area contributed by atoms with Crippen molar-refractivity contribution in [3.8, 4) is 6.01 Å². The fourth-order valence-corrected chi connectivity index (χ4v) is 2.91. The lowest BCUT2D eigenvalue weighted by Gasteiger charge is -2.20. The Bertz CT molecular complexity index is 1020. The summed E-state index contributed by atoms with van der Waals surface area (Å²) in [6.45, 7) is 9.55. The van der Waals surface area contributed by atoms with Crippen LogP contribution in [0, 0.1) is 13.8 Å². The molecule has 1 amide bonds. The van der Waals surface area contributed by atoms with E-state index in [-0.39, 0.29) is 18.5 Å². The predicted molar refractivity (Wildman–Crippen MR) is 121 cm³/mol. The van der Waals surface area contributed by atoms with Crippen LogP contribution in [0.15, 0.2) is 42.6 Å². The van der Waals surface area contributed by atoms with Crippen LogP contribution in [0.25, 0.3) is 0 Å². The minimum absolute atomic E-state index is 0.172. The van der Waals surface area contributed by atoms with Crippen LogP contribution in [0.5, 0.6) is 6.01 Å². The zero-order valence-corrected chi connectivity index (χ0v) is 18.2. The Labute approximate surface area is 181 Å². The number of ether oxygens (including phenoxy) is 1. The van der Waals surface area contributed by atoms with E-state index in [0.29, 0.717) is 11.6 Å². The van der Waals surface area contributed by atoms with Gasteiger partial charge in [0, 0.05) is 48.1 Å². The number of rotatable bonds is 9. The number of anilines is 4. The van der Waals surface area contributed by atoms with Crippen molar-refractivity contribution in [2.75, 3.05) is 35.2 Å². The van der Waals surface area contributed by atoms with E-state index in [0.717, 1.165) is 36.0 Å². The molecule has 2 aromatic heterocycles. The number of nitrogens with one attached hydrogen (secondary N) is 2. The van der Waals surface area contributed by atoms with Crippen molar-refractivity contribution in [3.05, 3.63) is 54.0 Å². The summed E-state index contributed by atoms with van der Waals surface area (Å²) in [5, 5.41) is 6.00. The third-order valence-corrected chi connectivity index (χ3v) is 4.46. The Morgan fingerprint density at radius 1 is 0.968 bits per heavy atom. The van der Waals surface area contributed by atoms with Gasteiger partial charge in [0.1, 0.15) is 5.82 Å². The third-order valence-electron chi connectivity index (χ3n) is 4.46. The lowest BCUT2D eigenvalue weighted by molar-refractivity contribution is -0.118. The minimum Gasteiger partial charge on any atom is -0.453 e. The van der Waals surface area contributed by atoms with Crippen molar-refractivity contribution >= 4 is 29.0 Å². The van der Waals surface area contributed by atoms with Gasteiger partial charge in [0.25, 0.3) is 5.91 Å². The smallest absolute Gasteiger partial charge is 0.317 e. The van der Waals surface area contributed by atoms with Gasteiger partial charge in [0.15, 0.2) is 6.61 Å². The Morgan fingerprint density at radius 2 is 1.68 bits per heavy atom. The van der Waals surface area contributed by atoms with Gasteiger partial charge in [0.05, 0.1) is 0 Å². The van der Waals surface area contributed by atoms with Crippen molar-refractivity contribution in [2.24, 2.45) is 0 Å². The average Bonchev–Trinajstić information content (AvgIpc) is 2.74. The molecule has 31 heavy (non-hydrogen) atoms. The Morgan fingerprint density at radius 3 is 2.35 bits per heavy atom. The molecular weight excluding hydrogens is 394 g/mol. The van der Waals surface area contributed by atoms with Gasteiger partial charge in [-0.1, -0.05) is 0 Å². The molecule has 0 aliphatic heterocycles. The second-order valence-corrected chi connectivity index (χ2v) is 6.88. The topological polar surface area (TPSA) is 105 Å². The first-order chi connectivity index (χ1) is 15.0. The maximum atomic E-state index is 12.1. The van der Waals surface area contributed by atoms with Crippen molar-refractivity contribution < 1.29 is 9.53 Å². The quantitative estimate of drug-likeness (QED) is 0.541. The highest BCUT2D eigenvalue weighted by Crippen LogP contribution is 2.20. The van der Waals surface area contributed by atoms with Gasteiger partial charge in [-0.15, -0.1) is 0 Å². The molecule has 0 bridgehead atoms. The Kier molecular flexibility index (Phi) is 7.31. The molecule has 0 fully saturated rings. The summed E-state index contributed by atoms with van der Waals surface area (Å²) in [5.41, 5.74) is 3.13. The first kappa shape index (κ1) is 21.9. The zero-order valence-electron chi connectivity index (χ0n) is 18.2. The normalized spacial score (nSPS) is 10.5. The van der Waals surface area contributed by atoms with Crippen LogP contribution < -0.4 is 20.3 Å². The molecule has 9 nitrogen and oxygen atoms in total. The fourth-order valence-electron chi connectivity index (χ4n) is 2.91. The molecule has 0 unspecified atom stereocenters. The first-order valence-corrected chi connectivity index (χ1v) is 10.2. The summed E-state index contributed by atoms with van der Waals surface area (Å²) in [5.74, 6) is 1.13. The summed E-state index contributed by atoms with van der Waals surface area (Å²) >= 11 is 0. The fraction of sp³-hybridized carbons (Fsp3) is 0.318. The highest BCUT2D eigenvalue weighted by Gasteiger charge is 2.09. The molecule has 0 atom stereocenters. The first-order valence-electron chi connectivity index (χ1n) is 10.2. The molecule has 0 saturated carbocycles. The van der Waals surface area contributed by atoms with Crippen LogP contribution in [-0.4, -0.2) is 45.5 Å². The van der Waals surface area contributed by atoms with Crippen LogP contribution in [0.3, 0.4) is 0 Å². The molecule has 1 aromatic carbocycles. The van der Waals surface area contributed by atoms with Gasteiger partial charge in [-0.25, -0.2) is 15.0 Å². The maximum Gasteiger partial charge on any atom is 0.317 e. The van der Waals surface area contributed by atoms with Gasteiger partial charge in [-0.2, -0.15) is 4.98 Å².